The van der Waals surface area contributed by atoms with Crippen LogP contribution in [0.15, 0.2) is 24.3 Å². The predicted molar refractivity (Wildman–Crippen MR) is 59.8 cm³/mol. The normalized spacial score (nSPS) is 12.9. The molecule has 0 aliphatic rings. The third-order valence-corrected chi connectivity index (χ3v) is 2.79. The predicted octanol–water partition coefficient (Wildman–Crippen LogP) is 2.33. The van der Waals surface area contributed by atoms with E-state index in [1.165, 1.54) is 11.1 Å². The second kappa shape index (κ2) is 4.82. The van der Waals surface area contributed by atoms with Crippen LogP contribution in [0.1, 0.15) is 11.1 Å². The van der Waals surface area contributed by atoms with E-state index in [0.29, 0.717) is 0 Å². The van der Waals surface area contributed by atoms with Gasteiger partial charge in [-0.2, -0.15) is 0 Å². The van der Waals surface area contributed by atoms with Crippen LogP contribution >= 0.6 is 22.6 Å². The maximum atomic E-state index is 9.37. The monoisotopic (exact) mass is 276 g/mol. The van der Waals surface area contributed by atoms with Crippen molar-refractivity contribution in [2.24, 2.45) is 0 Å². The van der Waals surface area contributed by atoms with E-state index >= 15 is 0 Å². The molecular weight excluding hydrogens is 263 g/mol. The maximum Gasteiger partial charge on any atom is 0.0669 e. The van der Waals surface area contributed by atoms with Crippen molar-refractivity contribution < 1.29 is 5.11 Å². The molecule has 0 saturated carbocycles. The van der Waals surface area contributed by atoms with Crippen LogP contribution in [0.2, 0.25) is 0 Å². The lowest BCUT2D eigenvalue weighted by molar-refractivity contribution is 0.203. The van der Waals surface area contributed by atoms with Gasteiger partial charge in [-0.05, 0) is 18.9 Å². The van der Waals surface area contributed by atoms with Gasteiger partial charge in [-0.3, -0.25) is 0 Å². The molecule has 66 valence electrons. The highest BCUT2D eigenvalue weighted by Gasteiger charge is 2.02. The van der Waals surface area contributed by atoms with E-state index in [2.05, 4.69) is 53.8 Å². The molecule has 1 unspecified atom stereocenters. The van der Waals surface area contributed by atoms with Gasteiger partial charge in [0, 0.05) is 4.43 Å². The van der Waals surface area contributed by atoms with Crippen LogP contribution in [0.25, 0.3) is 0 Å². The van der Waals surface area contributed by atoms with Gasteiger partial charge in [0.1, 0.15) is 0 Å². The number of aryl methyl sites for hydroxylation is 1. The van der Waals surface area contributed by atoms with Crippen molar-refractivity contribution >= 4 is 22.6 Å². The quantitative estimate of drug-likeness (QED) is 0.663. The Morgan fingerprint density at radius 3 is 2.42 bits per heavy atom. The first-order valence-corrected chi connectivity index (χ1v) is 5.54. The molecule has 1 rings (SSSR count). The largest absolute Gasteiger partial charge is 0.392 e. The Balaban J connectivity index is 2.58. The van der Waals surface area contributed by atoms with E-state index in [9.17, 15) is 5.11 Å². The summed E-state index contributed by atoms with van der Waals surface area (Å²) in [5, 5.41) is 9.37. The Labute approximate surface area is 86.9 Å². The molecule has 0 saturated heterocycles. The number of hydrogen-bond acceptors (Lipinski definition) is 1. The zero-order valence-electron chi connectivity index (χ0n) is 7.13. The number of benzene rings is 1. The number of aliphatic hydroxyl groups is 1. The standard InChI is InChI=1S/C10H13IO/c1-8-2-4-9(5-3-8)6-10(12)7-11/h2-5,10,12H,6-7H2,1H3. The van der Waals surface area contributed by atoms with Crippen LogP contribution in [0.5, 0.6) is 0 Å². The molecule has 0 spiro atoms. The summed E-state index contributed by atoms with van der Waals surface area (Å²) in [5.41, 5.74) is 2.48. The molecule has 0 radical (unpaired) electrons. The van der Waals surface area contributed by atoms with Gasteiger partial charge in [0.05, 0.1) is 6.10 Å². The molecule has 0 amide bonds. The second-order valence-corrected chi connectivity index (χ2v) is 3.88. The summed E-state index contributed by atoms with van der Waals surface area (Å²) in [6.45, 7) is 2.07. The minimum Gasteiger partial charge on any atom is -0.392 e. The Morgan fingerprint density at radius 2 is 1.92 bits per heavy atom. The van der Waals surface area contributed by atoms with Gasteiger partial charge in [-0.1, -0.05) is 52.4 Å². The van der Waals surface area contributed by atoms with Gasteiger partial charge >= 0.3 is 0 Å². The third-order valence-electron chi connectivity index (χ3n) is 1.77. The van der Waals surface area contributed by atoms with Crippen LogP contribution in [0.4, 0.5) is 0 Å². The molecule has 2 heteroatoms. The Morgan fingerprint density at radius 1 is 1.33 bits per heavy atom. The molecule has 1 N–H and O–H groups in total. The highest BCUT2D eigenvalue weighted by atomic mass is 127. The van der Waals surface area contributed by atoms with E-state index in [0.717, 1.165) is 10.8 Å². The van der Waals surface area contributed by atoms with Crippen LogP contribution < -0.4 is 0 Å². The zero-order valence-corrected chi connectivity index (χ0v) is 9.28. The highest BCUT2D eigenvalue weighted by Crippen LogP contribution is 2.07. The van der Waals surface area contributed by atoms with Gasteiger partial charge in [-0.25, -0.2) is 0 Å². The van der Waals surface area contributed by atoms with Crippen molar-refractivity contribution in [3.63, 3.8) is 0 Å². The highest BCUT2D eigenvalue weighted by molar-refractivity contribution is 14.1. The molecule has 0 aromatic heterocycles. The van der Waals surface area contributed by atoms with Crippen molar-refractivity contribution in [1.82, 2.24) is 0 Å². The average molecular weight is 276 g/mol. The number of aliphatic hydroxyl groups excluding tert-OH is 1. The molecule has 1 nitrogen and oxygen atoms in total. The fourth-order valence-electron chi connectivity index (χ4n) is 1.05. The molecular formula is C10H13IO. The summed E-state index contributed by atoms with van der Waals surface area (Å²) in [4.78, 5) is 0. The lowest BCUT2D eigenvalue weighted by Gasteiger charge is -2.06. The molecule has 1 atom stereocenters. The van der Waals surface area contributed by atoms with Crippen molar-refractivity contribution in [2.45, 2.75) is 19.4 Å². The van der Waals surface area contributed by atoms with Crippen LogP contribution in [-0.2, 0) is 6.42 Å². The van der Waals surface area contributed by atoms with E-state index < -0.39 is 0 Å². The lowest BCUT2D eigenvalue weighted by Crippen LogP contribution is -2.11. The number of alkyl halides is 1. The van der Waals surface area contributed by atoms with Gasteiger partial charge in [0.25, 0.3) is 0 Å². The van der Waals surface area contributed by atoms with Crippen molar-refractivity contribution in [2.75, 3.05) is 4.43 Å². The zero-order chi connectivity index (χ0) is 8.97. The number of hydrogen-bond donors (Lipinski definition) is 1. The van der Waals surface area contributed by atoms with Crippen molar-refractivity contribution in [3.8, 4) is 0 Å². The van der Waals surface area contributed by atoms with Crippen LogP contribution in [-0.4, -0.2) is 15.6 Å². The molecule has 12 heavy (non-hydrogen) atoms. The topological polar surface area (TPSA) is 20.2 Å². The Bertz CT molecular complexity index is 230. The SMILES string of the molecule is Cc1ccc(CC(O)CI)cc1. The Hall–Kier alpha value is -0.0900. The Kier molecular flexibility index (Phi) is 4.01. The van der Waals surface area contributed by atoms with E-state index in [1.807, 2.05) is 0 Å². The smallest absolute Gasteiger partial charge is 0.0669 e. The van der Waals surface area contributed by atoms with E-state index in [1.54, 1.807) is 0 Å². The molecule has 0 aliphatic carbocycles. The van der Waals surface area contributed by atoms with Gasteiger partial charge in [0.15, 0.2) is 0 Å². The first-order chi connectivity index (χ1) is 5.72. The second-order valence-electron chi connectivity index (χ2n) is 3.00. The number of halogens is 1. The average Bonchev–Trinajstić information content (AvgIpc) is 2.09. The minimum absolute atomic E-state index is 0.201. The lowest BCUT2D eigenvalue weighted by atomic mass is 10.1. The van der Waals surface area contributed by atoms with E-state index in [4.69, 9.17) is 0 Å². The third kappa shape index (κ3) is 3.11. The van der Waals surface area contributed by atoms with Crippen molar-refractivity contribution in [3.05, 3.63) is 35.4 Å². The van der Waals surface area contributed by atoms with Crippen LogP contribution in [0.3, 0.4) is 0 Å². The number of rotatable bonds is 3. The molecule has 1 aromatic carbocycles. The van der Waals surface area contributed by atoms with Gasteiger partial charge < -0.3 is 5.11 Å². The molecule has 0 heterocycles. The first-order valence-electron chi connectivity index (χ1n) is 4.02. The van der Waals surface area contributed by atoms with E-state index in [-0.39, 0.29) is 6.10 Å². The van der Waals surface area contributed by atoms with Gasteiger partial charge in [-0.15, -0.1) is 0 Å². The van der Waals surface area contributed by atoms with Crippen molar-refractivity contribution in [1.29, 1.82) is 0 Å². The molecule has 0 aliphatic heterocycles. The molecule has 0 bridgehead atoms. The summed E-state index contributed by atoms with van der Waals surface area (Å²) < 4.78 is 0.797. The maximum absolute atomic E-state index is 9.37. The summed E-state index contributed by atoms with van der Waals surface area (Å²) >= 11 is 2.20. The summed E-state index contributed by atoms with van der Waals surface area (Å²) in [6, 6.07) is 8.31. The first kappa shape index (κ1) is 9.99. The summed E-state index contributed by atoms with van der Waals surface area (Å²) in [6.07, 6.45) is 0.566. The fraction of sp³-hybridized carbons (Fsp3) is 0.400. The molecule has 0 fully saturated rings. The summed E-state index contributed by atoms with van der Waals surface area (Å²) in [7, 11) is 0. The summed E-state index contributed by atoms with van der Waals surface area (Å²) in [5.74, 6) is 0. The fourth-order valence-corrected chi connectivity index (χ4v) is 1.36. The minimum atomic E-state index is -0.201. The molecule has 1 aromatic rings. The van der Waals surface area contributed by atoms with Crippen LogP contribution in [0, 0.1) is 6.92 Å². The van der Waals surface area contributed by atoms with Gasteiger partial charge in [0.2, 0.25) is 0 Å².